The Morgan fingerprint density at radius 1 is 1.08 bits per heavy atom. The van der Waals surface area contributed by atoms with Crippen LogP contribution in [0.1, 0.15) is 29.7 Å². The van der Waals surface area contributed by atoms with Crippen molar-refractivity contribution in [2.24, 2.45) is 0 Å². The van der Waals surface area contributed by atoms with Crippen LogP contribution in [0.5, 0.6) is 0 Å². The Labute approximate surface area is 154 Å². The van der Waals surface area contributed by atoms with E-state index in [9.17, 15) is 4.79 Å². The number of nitrogens with zero attached hydrogens (tertiary/aromatic N) is 2. The molecule has 1 unspecified atom stereocenters. The first-order valence-electron chi connectivity index (χ1n) is 8.74. The molecule has 0 saturated carbocycles. The number of hydrogen-bond acceptors (Lipinski definition) is 3. The highest BCUT2D eigenvalue weighted by Crippen LogP contribution is 2.16. The third-order valence-corrected chi connectivity index (χ3v) is 4.45. The standard InChI is InChI=1S/C21H24N4O/c1-15-9-10-18(13-16(15)2)17(3)23-21(26)14-22-20-11-12-25(24-20)19-7-5-4-6-8-19/h4-13,17H,14H2,1-3H3,(H,22,24)(H,23,26). The minimum atomic E-state index is -0.0648. The van der Waals surface area contributed by atoms with Gasteiger partial charge in [-0.2, -0.15) is 5.10 Å². The van der Waals surface area contributed by atoms with Gasteiger partial charge in [-0.1, -0.05) is 36.4 Å². The van der Waals surface area contributed by atoms with E-state index in [2.05, 4.69) is 47.8 Å². The average Bonchev–Trinajstić information content (AvgIpc) is 3.12. The van der Waals surface area contributed by atoms with E-state index in [1.807, 2.05) is 49.5 Å². The molecule has 0 aliphatic rings. The second-order valence-electron chi connectivity index (χ2n) is 6.47. The molecule has 0 aliphatic carbocycles. The molecule has 26 heavy (non-hydrogen) atoms. The maximum Gasteiger partial charge on any atom is 0.239 e. The molecule has 0 fully saturated rings. The van der Waals surface area contributed by atoms with E-state index in [0.717, 1.165) is 11.3 Å². The SMILES string of the molecule is Cc1ccc(C(C)NC(=O)CNc2ccn(-c3ccccc3)n2)cc1C. The van der Waals surface area contributed by atoms with E-state index in [1.165, 1.54) is 11.1 Å². The number of anilines is 1. The number of benzene rings is 2. The zero-order chi connectivity index (χ0) is 18.5. The molecule has 0 spiro atoms. The minimum absolute atomic E-state index is 0.0366. The molecule has 1 amide bonds. The van der Waals surface area contributed by atoms with Crippen molar-refractivity contribution in [3.63, 3.8) is 0 Å². The van der Waals surface area contributed by atoms with Gasteiger partial charge in [0.15, 0.2) is 0 Å². The summed E-state index contributed by atoms with van der Waals surface area (Å²) in [6.45, 7) is 6.34. The fraction of sp³-hybridized carbons (Fsp3) is 0.238. The lowest BCUT2D eigenvalue weighted by molar-refractivity contribution is -0.120. The minimum Gasteiger partial charge on any atom is -0.360 e. The molecule has 1 heterocycles. The van der Waals surface area contributed by atoms with Gasteiger partial charge in [0, 0.05) is 12.3 Å². The molecule has 1 atom stereocenters. The predicted molar refractivity (Wildman–Crippen MR) is 105 cm³/mol. The highest BCUT2D eigenvalue weighted by molar-refractivity contribution is 5.80. The number of hydrogen-bond donors (Lipinski definition) is 2. The second-order valence-corrected chi connectivity index (χ2v) is 6.47. The fourth-order valence-corrected chi connectivity index (χ4v) is 2.72. The molecular weight excluding hydrogens is 324 g/mol. The summed E-state index contributed by atoms with van der Waals surface area (Å²) in [6.07, 6.45) is 1.87. The zero-order valence-corrected chi connectivity index (χ0v) is 15.4. The molecule has 0 radical (unpaired) electrons. The molecular formula is C21H24N4O. The third-order valence-electron chi connectivity index (χ3n) is 4.45. The Kier molecular flexibility index (Phi) is 5.37. The van der Waals surface area contributed by atoms with E-state index in [4.69, 9.17) is 0 Å². The molecule has 1 aromatic heterocycles. The van der Waals surface area contributed by atoms with Crippen LogP contribution in [0.4, 0.5) is 5.82 Å². The maximum absolute atomic E-state index is 12.2. The Balaban J connectivity index is 1.54. The van der Waals surface area contributed by atoms with E-state index < -0.39 is 0 Å². The number of amides is 1. The number of carbonyl (C=O) groups excluding carboxylic acids is 1. The normalized spacial score (nSPS) is 11.8. The number of aryl methyl sites for hydroxylation is 2. The van der Waals surface area contributed by atoms with E-state index in [-0.39, 0.29) is 18.5 Å². The predicted octanol–water partition coefficient (Wildman–Crippen LogP) is 3.78. The average molecular weight is 348 g/mol. The van der Waals surface area contributed by atoms with Crippen molar-refractivity contribution in [3.05, 3.63) is 77.5 Å². The Hall–Kier alpha value is -3.08. The van der Waals surface area contributed by atoms with Crippen molar-refractivity contribution in [3.8, 4) is 5.69 Å². The van der Waals surface area contributed by atoms with Crippen molar-refractivity contribution in [2.45, 2.75) is 26.8 Å². The van der Waals surface area contributed by atoms with E-state index in [1.54, 1.807) is 4.68 Å². The molecule has 2 N–H and O–H groups in total. The van der Waals surface area contributed by atoms with Crippen LogP contribution in [0, 0.1) is 13.8 Å². The topological polar surface area (TPSA) is 59.0 Å². The van der Waals surface area contributed by atoms with Crippen LogP contribution in [0.25, 0.3) is 5.69 Å². The lowest BCUT2D eigenvalue weighted by Gasteiger charge is -2.16. The summed E-state index contributed by atoms with van der Waals surface area (Å²) in [5, 5.41) is 10.5. The quantitative estimate of drug-likeness (QED) is 0.713. The largest absolute Gasteiger partial charge is 0.360 e. The summed E-state index contributed by atoms with van der Waals surface area (Å²) in [5.41, 5.74) is 4.57. The van der Waals surface area contributed by atoms with Crippen molar-refractivity contribution < 1.29 is 4.79 Å². The van der Waals surface area contributed by atoms with Crippen LogP contribution in [0.15, 0.2) is 60.8 Å². The molecule has 5 nitrogen and oxygen atoms in total. The van der Waals surface area contributed by atoms with Crippen molar-refractivity contribution in [1.82, 2.24) is 15.1 Å². The summed E-state index contributed by atoms with van der Waals surface area (Å²) < 4.78 is 1.78. The molecule has 2 aromatic carbocycles. The van der Waals surface area contributed by atoms with Crippen molar-refractivity contribution >= 4 is 11.7 Å². The molecule has 134 valence electrons. The highest BCUT2D eigenvalue weighted by Gasteiger charge is 2.11. The van der Waals surface area contributed by atoms with Gasteiger partial charge in [-0.25, -0.2) is 4.68 Å². The number of carbonyl (C=O) groups is 1. The number of para-hydroxylation sites is 1. The van der Waals surface area contributed by atoms with Gasteiger partial charge >= 0.3 is 0 Å². The van der Waals surface area contributed by atoms with Crippen LogP contribution in [-0.4, -0.2) is 22.2 Å². The summed E-state index contributed by atoms with van der Waals surface area (Å²) in [5.74, 6) is 0.604. The van der Waals surface area contributed by atoms with E-state index >= 15 is 0 Å². The molecule has 3 aromatic rings. The van der Waals surface area contributed by atoms with Gasteiger partial charge in [-0.15, -0.1) is 0 Å². The van der Waals surface area contributed by atoms with Gasteiger partial charge in [0.1, 0.15) is 5.82 Å². The lowest BCUT2D eigenvalue weighted by atomic mass is 10.0. The molecule has 5 heteroatoms. The molecule has 0 aliphatic heterocycles. The number of nitrogens with one attached hydrogen (secondary N) is 2. The van der Waals surface area contributed by atoms with Crippen LogP contribution in [0.2, 0.25) is 0 Å². The molecule has 0 bridgehead atoms. The third kappa shape index (κ3) is 4.30. The van der Waals surface area contributed by atoms with Gasteiger partial charge in [0.2, 0.25) is 5.91 Å². The van der Waals surface area contributed by atoms with Crippen molar-refractivity contribution in [2.75, 3.05) is 11.9 Å². The number of aromatic nitrogens is 2. The summed E-state index contributed by atoms with van der Waals surface area (Å²) >= 11 is 0. The van der Waals surface area contributed by atoms with Gasteiger partial charge in [0.05, 0.1) is 18.3 Å². The summed E-state index contributed by atoms with van der Waals surface area (Å²) in [7, 11) is 0. The zero-order valence-electron chi connectivity index (χ0n) is 15.4. The highest BCUT2D eigenvalue weighted by atomic mass is 16.2. The summed E-state index contributed by atoms with van der Waals surface area (Å²) in [6, 6.07) is 17.9. The van der Waals surface area contributed by atoms with Crippen molar-refractivity contribution in [1.29, 1.82) is 0 Å². The van der Waals surface area contributed by atoms with Crippen LogP contribution in [0.3, 0.4) is 0 Å². The smallest absolute Gasteiger partial charge is 0.239 e. The van der Waals surface area contributed by atoms with Crippen LogP contribution >= 0.6 is 0 Å². The first-order chi connectivity index (χ1) is 12.5. The summed E-state index contributed by atoms with van der Waals surface area (Å²) in [4.78, 5) is 12.2. The van der Waals surface area contributed by atoms with Crippen LogP contribution in [-0.2, 0) is 4.79 Å². The monoisotopic (exact) mass is 348 g/mol. The maximum atomic E-state index is 12.2. The van der Waals surface area contributed by atoms with Gasteiger partial charge < -0.3 is 10.6 Å². The van der Waals surface area contributed by atoms with E-state index in [0.29, 0.717) is 5.82 Å². The molecule has 3 rings (SSSR count). The Morgan fingerprint density at radius 2 is 1.85 bits per heavy atom. The van der Waals surface area contributed by atoms with Gasteiger partial charge in [-0.3, -0.25) is 4.79 Å². The Bertz CT molecular complexity index is 886. The van der Waals surface area contributed by atoms with Gasteiger partial charge in [0.25, 0.3) is 0 Å². The molecule has 0 saturated heterocycles. The fourth-order valence-electron chi connectivity index (χ4n) is 2.72. The second kappa shape index (κ2) is 7.87. The van der Waals surface area contributed by atoms with Gasteiger partial charge in [-0.05, 0) is 49.6 Å². The lowest BCUT2D eigenvalue weighted by Crippen LogP contribution is -2.32. The van der Waals surface area contributed by atoms with Crippen LogP contribution < -0.4 is 10.6 Å². The Morgan fingerprint density at radius 3 is 2.58 bits per heavy atom. The first-order valence-corrected chi connectivity index (χ1v) is 8.74. The first kappa shape index (κ1) is 17.7. The number of rotatable bonds is 6.